The fraction of sp³-hybridized carbons (Fsp3) is 0.222. The summed E-state index contributed by atoms with van der Waals surface area (Å²) in [7, 11) is 0. The van der Waals surface area contributed by atoms with Gasteiger partial charge in [0.1, 0.15) is 12.6 Å². The summed E-state index contributed by atoms with van der Waals surface area (Å²) >= 11 is 6.05. The number of halogens is 1. The van der Waals surface area contributed by atoms with E-state index in [1.165, 1.54) is 4.90 Å². The van der Waals surface area contributed by atoms with Crippen LogP contribution in [0.4, 0.5) is 11.4 Å². The lowest BCUT2D eigenvalue weighted by molar-refractivity contribution is -0.123. The molecule has 6 nitrogen and oxygen atoms in total. The highest BCUT2D eigenvalue weighted by atomic mass is 35.5. The van der Waals surface area contributed by atoms with Gasteiger partial charge in [0, 0.05) is 11.1 Å². The Morgan fingerprint density at radius 2 is 1.96 bits per heavy atom. The van der Waals surface area contributed by atoms with Crippen LogP contribution in [0.15, 0.2) is 48.5 Å². The van der Waals surface area contributed by atoms with Crippen LogP contribution in [0.25, 0.3) is 0 Å². The molecule has 128 valence electrons. The van der Waals surface area contributed by atoms with Gasteiger partial charge in [-0.15, -0.1) is 0 Å². The molecule has 1 saturated heterocycles. The number of hydrazine groups is 1. The third kappa shape index (κ3) is 3.11. The lowest BCUT2D eigenvalue weighted by atomic mass is 10.0. The van der Waals surface area contributed by atoms with Crippen molar-refractivity contribution in [2.24, 2.45) is 0 Å². The van der Waals surface area contributed by atoms with Crippen LogP contribution in [0.2, 0.25) is 5.02 Å². The van der Waals surface area contributed by atoms with Gasteiger partial charge >= 0.3 is 0 Å². The molecule has 7 heteroatoms. The van der Waals surface area contributed by atoms with Crippen LogP contribution in [0.3, 0.4) is 0 Å². The zero-order valence-corrected chi connectivity index (χ0v) is 14.1. The van der Waals surface area contributed by atoms with Crippen molar-refractivity contribution in [3.63, 3.8) is 0 Å². The number of rotatable bonds is 2. The third-order valence-electron chi connectivity index (χ3n) is 4.49. The highest BCUT2D eigenvalue weighted by Gasteiger charge is 2.36. The topological polar surface area (TPSA) is 73.5 Å². The molecule has 2 heterocycles. The summed E-state index contributed by atoms with van der Waals surface area (Å²) in [5, 5.41) is 3.46. The van der Waals surface area contributed by atoms with Crippen LogP contribution in [-0.2, 0) is 9.59 Å². The molecule has 0 aliphatic carbocycles. The van der Waals surface area contributed by atoms with Gasteiger partial charge in [0.05, 0.1) is 11.4 Å². The Morgan fingerprint density at radius 3 is 2.80 bits per heavy atom. The summed E-state index contributed by atoms with van der Waals surface area (Å²) in [6, 6.07) is 14.5. The number of para-hydroxylation sites is 2. The molecule has 1 fully saturated rings. The van der Waals surface area contributed by atoms with Crippen molar-refractivity contribution in [2.45, 2.75) is 18.5 Å². The van der Waals surface area contributed by atoms with Gasteiger partial charge in [-0.3, -0.25) is 14.5 Å². The zero-order chi connectivity index (χ0) is 17.4. The normalized spacial score (nSPS) is 22.4. The predicted octanol–water partition coefficient (Wildman–Crippen LogP) is 2.23. The van der Waals surface area contributed by atoms with Gasteiger partial charge in [-0.25, -0.2) is 10.9 Å². The van der Waals surface area contributed by atoms with Crippen LogP contribution >= 0.6 is 11.6 Å². The average molecular weight is 357 g/mol. The number of carbonyl (C=O) groups excluding carboxylic acids is 2. The Labute approximate surface area is 150 Å². The second-order valence-corrected chi connectivity index (χ2v) is 6.61. The molecule has 2 unspecified atom stereocenters. The van der Waals surface area contributed by atoms with E-state index in [4.69, 9.17) is 11.6 Å². The molecule has 0 radical (unpaired) electrons. The van der Waals surface area contributed by atoms with Crippen molar-refractivity contribution in [2.75, 3.05) is 16.8 Å². The van der Waals surface area contributed by atoms with Crippen LogP contribution in [0, 0.1) is 0 Å². The van der Waals surface area contributed by atoms with E-state index in [0.717, 1.165) is 11.3 Å². The first-order valence-corrected chi connectivity index (χ1v) is 8.46. The minimum absolute atomic E-state index is 0.0125. The van der Waals surface area contributed by atoms with E-state index in [9.17, 15) is 9.59 Å². The van der Waals surface area contributed by atoms with E-state index in [-0.39, 0.29) is 24.4 Å². The van der Waals surface area contributed by atoms with E-state index in [2.05, 4.69) is 16.2 Å². The van der Waals surface area contributed by atoms with Gasteiger partial charge in [0.2, 0.25) is 11.8 Å². The monoisotopic (exact) mass is 356 g/mol. The van der Waals surface area contributed by atoms with E-state index in [1.807, 2.05) is 42.5 Å². The molecule has 3 N–H and O–H groups in total. The summed E-state index contributed by atoms with van der Waals surface area (Å²) in [6.45, 7) is 0.0237. The number of nitrogens with one attached hydrogen (secondary N) is 3. The SMILES string of the molecule is O=C1CN(C(=O)C2CC(c3cccc(Cl)c3)NN2)c2ccccc2N1. The van der Waals surface area contributed by atoms with Crippen LogP contribution in [-0.4, -0.2) is 24.4 Å². The highest BCUT2D eigenvalue weighted by molar-refractivity contribution is 6.30. The quantitative estimate of drug-likeness (QED) is 0.771. The summed E-state index contributed by atoms with van der Waals surface area (Å²) < 4.78 is 0. The lowest BCUT2D eigenvalue weighted by Gasteiger charge is -2.30. The maximum Gasteiger partial charge on any atom is 0.246 e. The Balaban J connectivity index is 1.53. The third-order valence-corrected chi connectivity index (χ3v) is 4.72. The van der Waals surface area contributed by atoms with E-state index in [0.29, 0.717) is 17.1 Å². The fourth-order valence-corrected chi connectivity index (χ4v) is 3.48. The molecular weight excluding hydrogens is 340 g/mol. The molecule has 0 saturated carbocycles. The van der Waals surface area contributed by atoms with Crippen molar-refractivity contribution in [3.05, 3.63) is 59.1 Å². The number of fused-ring (bicyclic) bond motifs is 1. The first-order valence-electron chi connectivity index (χ1n) is 8.08. The smallest absolute Gasteiger partial charge is 0.246 e. The molecule has 2 aliphatic rings. The molecule has 2 atom stereocenters. The molecule has 2 amide bonds. The van der Waals surface area contributed by atoms with Gasteiger partial charge in [-0.1, -0.05) is 35.9 Å². The minimum Gasteiger partial charge on any atom is -0.323 e. The number of carbonyl (C=O) groups is 2. The van der Waals surface area contributed by atoms with Crippen LogP contribution in [0.5, 0.6) is 0 Å². The number of anilines is 2. The fourth-order valence-electron chi connectivity index (χ4n) is 3.28. The average Bonchev–Trinajstić information content (AvgIpc) is 3.10. The molecule has 4 rings (SSSR count). The Bertz CT molecular complexity index is 841. The summed E-state index contributed by atoms with van der Waals surface area (Å²) in [5.41, 5.74) is 8.60. The van der Waals surface area contributed by atoms with Crippen molar-refractivity contribution in [3.8, 4) is 0 Å². The van der Waals surface area contributed by atoms with Crippen molar-refractivity contribution in [1.29, 1.82) is 0 Å². The molecule has 25 heavy (non-hydrogen) atoms. The van der Waals surface area contributed by atoms with Gasteiger partial charge in [-0.2, -0.15) is 0 Å². The van der Waals surface area contributed by atoms with Crippen molar-refractivity contribution in [1.82, 2.24) is 10.9 Å². The summed E-state index contributed by atoms with van der Waals surface area (Å²) in [5.74, 6) is -0.316. The number of hydrogen-bond donors (Lipinski definition) is 3. The van der Waals surface area contributed by atoms with Crippen molar-refractivity contribution < 1.29 is 9.59 Å². The van der Waals surface area contributed by atoms with Crippen LogP contribution < -0.4 is 21.1 Å². The Kier molecular flexibility index (Phi) is 4.17. The minimum atomic E-state index is -0.414. The first-order chi connectivity index (χ1) is 12.1. The zero-order valence-electron chi connectivity index (χ0n) is 13.3. The largest absolute Gasteiger partial charge is 0.323 e. The highest BCUT2D eigenvalue weighted by Crippen LogP contribution is 2.31. The second-order valence-electron chi connectivity index (χ2n) is 6.17. The van der Waals surface area contributed by atoms with Gasteiger partial charge in [0.15, 0.2) is 0 Å². The molecule has 0 aromatic heterocycles. The standard InChI is InChI=1S/C18H17ClN4O2/c19-12-5-3-4-11(8-12)14-9-15(22-21-14)18(25)23-10-17(24)20-13-6-1-2-7-16(13)23/h1-8,14-15,21-22H,9-10H2,(H,20,24). The van der Waals surface area contributed by atoms with Gasteiger partial charge < -0.3 is 5.32 Å². The number of benzene rings is 2. The Morgan fingerprint density at radius 1 is 1.12 bits per heavy atom. The predicted molar refractivity (Wildman–Crippen MR) is 96.3 cm³/mol. The molecule has 2 aromatic carbocycles. The maximum atomic E-state index is 13.0. The number of hydrogen-bond acceptors (Lipinski definition) is 4. The number of amides is 2. The molecule has 2 aromatic rings. The molecule has 2 aliphatic heterocycles. The van der Waals surface area contributed by atoms with Gasteiger partial charge in [-0.05, 0) is 36.2 Å². The van der Waals surface area contributed by atoms with E-state index in [1.54, 1.807) is 6.07 Å². The first kappa shape index (κ1) is 16.1. The van der Waals surface area contributed by atoms with E-state index < -0.39 is 6.04 Å². The van der Waals surface area contributed by atoms with Gasteiger partial charge in [0.25, 0.3) is 0 Å². The summed E-state index contributed by atoms with van der Waals surface area (Å²) in [6.07, 6.45) is 0.583. The molecule has 0 spiro atoms. The van der Waals surface area contributed by atoms with E-state index >= 15 is 0 Å². The number of nitrogens with zero attached hydrogens (tertiary/aromatic N) is 1. The maximum absolute atomic E-state index is 13.0. The molecular formula is C18H17ClN4O2. The lowest BCUT2D eigenvalue weighted by Crippen LogP contribution is -2.50. The summed E-state index contributed by atoms with van der Waals surface area (Å²) in [4.78, 5) is 26.4. The Hall–Kier alpha value is -2.41. The second kappa shape index (κ2) is 6.48. The van der Waals surface area contributed by atoms with Crippen LogP contribution in [0.1, 0.15) is 18.0 Å². The molecule has 0 bridgehead atoms. The van der Waals surface area contributed by atoms with Crippen molar-refractivity contribution >= 4 is 34.8 Å².